The normalized spacial score (nSPS) is 16.1. The van der Waals surface area contributed by atoms with Gasteiger partial charge >= 0.3 is 0 Å². The van der Waals surface area contributed by atoms with Crippen LogP contribution in [0.5, 0.6) is 0 Å². The fourth-order valence-corrected chi connectivity index (χ4v) is 2.80. The van der Waals surface area contributed by atoms with Gasteiger partial charge in [-0.05, 0) is 36.0 Å². The number of likely N-dealkylation sites (tertiary alicyclic amines) is 1. The summed E-state index contributed by atoms with van der Waals surface area (Å²) < 4.78 is 0. The molecule has 1 fully saturated rings. The molecule has 2 aromatic rings. The summed E-state index contributed by atoms with van der Waals surface area (Å²) in [5.41, 5.74) is 3.18. The zero-order chi connectivity index (χ0) is 14.3. The van der Waals surface area contributed by atoms with Gasteiger partial charge in [0.05, 0.1) is 0 Å². The lowest BCUT2D eigenvalue weighted by molar-refractivity contribution is 0.0788. The van der Waals surface area contributed by atoms with E-state index in [1.54, 1.807) is 0 Å². The number of nitrogens with zero attached hydrogens (tertiary/aromatic N) is 1. The first kappa shape index (κ1) is 13.2. The molecule has 1 aliphatic rings. The van der Waals surface area contributed by atoms with Crippen molar-refractivity contribution in [3.8, 4) is 0 Å². The Morgan fingerprint density at radius 1 is 1.15 bits per heavy atom. The van der Waals surface area contributed by atoms with Gasteiger partial charge in [-0.25, -0.2) is 0 Å². The Labute approximate surface area is 120 Å². The van der Waals surface area contributed by atoms with Crippen LogP contribution in [0.1, 0.15) is 49.7 Å². The van der Waals surface area contributed by atoms with Crippen molar-refractivity contribution in [2.75, 3.05) is 13.1 Å². The lowest BCUT2D eigenvalue weighted by Crippen LogP contribution is -2.27. The van der Waals surface area contributed by atoms with Gasteiger partial charge in [0.2, 0.25) is 0 Å². The van der Waals surface area contributed by atoms with Crippen LogP contribution in [0.2, 0.25) is 0 Å². The molecule has 1 aromatic carbocycles. The van der Waals surface area contributed by atoms with Gasteiger partial charge in [-0.1, -0.05) is 32.9 Å². The van der Waals surface area contributed by atoms with Crippen LogP contribution in [-0.2, 0) is 5.41 Å². The number of fused-ring (bicyclic) bond motifs is 1. The third-order valence-corrected chi connectivity index (χ3v) is 4.11. The molecule has 1 aliphatic heterocycles. The van der Waals surface area contributed by atoms with Gasteiger partial charge in [0, 0.05) is 24.0 Å². The number of hydrogen-bond acceptors (Lipinski definition) is 1. The Hall–Kier alpha value is -1.77. The van der Waals surface area contributed by atoms with Crippen LogP contribution in [-0.4, -0.2) is 28.9 Å². The Morgan fingerprint density at radius 3 is 2.50 bits per heavy atom. The van der Waals surface area contributed by atoms with Crippen LogP contribution in [0, 0.1) is 0 Å². The predicted molar refractivity (Wildman–Crippen MR) is 82.1 cm³/mol. The molecule has 20 heavy (non-hydrogen) atoms. The topological polar surface area (TPSA) is 36.1 Å². The van der Waals surface area contributed by atoms with Gasteiger partial charge < -0.3 is 9.88 Å². The summed E-state index contributed by atoms with van der Waals surface area (Å²) in [4.78, 5) is 17.6. The fraction of sp³-hybridized carbons (Fsp3) is 0.471. The van der Waals surface area contributed by atoms with Crippen molar-refractivity contribution in [2.45, 2.75) is 39.0 Å². The quantitative estimate of drug-likeness (QED) is 0.842. The summed E-state index contributed by atoms with van der Waals surface area (Å²) in [6.45, 7) is 8.39. The second-order valence-electron chi connectivity index (χ2n) is 6.73. The third kappa shape index (κ3) is 2.33. The highest BCUT2D eigenvalue weighted by atomic mass is 16.2. The zero-order valence-corrected chi connectivity index (χ0v) is 12.5. The lowest BCUT2D eigenvalue weighted by Gasteiger charge is -2.18. The first-order valence-electron chi connectivity index (χ1n) is 7.38. The average Bonchev–Trinajstić information content (AvgIpc) is 3.05. The van der Waals surface area contributed by atoms with E-state index in [-0.39, 0.29) is 11.3 Å². The van der Waals surface area contributed by atoms with Crippen molar-refractivity contribution in [3.63, 3.8) is 0 Å². The van der Waals surface area contributed by atoms with Crippen molar-refractivity contribution in [1.29, 1.82) is 0 Å². The summed E-state index contributed by atoms with van der Waals surface area (Å²) >= 11 is 0. The molecule has 0 saturated carbocycles. The molecule has 0 atom stereocenters. The number of nitrogens with one attached hydrogen (secondary N) is 1. The number of aromatic amines is 1. The molecule has 106 valence electrons. The Balaban J connectivity index is 1.96. The number of rotatable bonds is 1. The van der Waals surface area contributed by atoms with Gasteiger partial charge in [0.15, 0.2) is 0 Å². The van der Waals surface area contributed by atoms with Gasteiger partial charge in [0.1, 0.15) is 5.69 Å². The van der Waals surface area contributed by atoms with E-state index in [0.717, 1.165) is 36.8 Å². The van der Waals surface area contributed by atoms with Crippen molar-refractivity contribution >= 4 is 16.8 Å². The third-order valence-electron chi connectivity index (χ3n) is 4.11. The smallest absolute Gasteiger partial charge is 0.270 e. The highest BCUT2D eigenvalue weighted by Crippen LogP contribution is 2.26. The van der Waals surface area contributed by atoms with Crippen molar-refractivity contribution < 1.29 is 4.79 Å². The van der Waals surface area contributed by atoms with E-state index in [1.807, 2.05) is 11.0 Å². The largest absolute Gasteiger partial charge is 0.351 e. The van der Waals surface area contributed by atoms with Crippen LogP contribution >= 0.6 is 0 Å². The van der Waals surface area contributed by atoms with Crippen LogP contribution in [0.15, 0.2) is 24.3 Å². The standard InChI is InChI=1S/C17H22N2O/c1-17(2,3)13-7-6-12-10-15(18-14(12)11-13)16(20)19-8-4-5-9-19/h6-7,10-11,18H,4-5,8-9H2,1-3H3. The number of aromatic nitrogens is 1. The van der Waals surface area contributed by atoms with Crippen LogP contribution in [0.3, 0.4) is 0 Å². The molecule has 1 N–H and O–H groups in total. The van der Waals surface area contributed by atoms with Crippen molar-refractivity contribution in [1.82, 2.24) is 9.88 Å². The highest BCUT2D eigenvalue weighted by molar-refractivity contribution is 5.98. The molecular weight excluding hydrogens is 248 g/mol. The first-order valence-corrected chi connectivity index (χ1v) is 7.38. The van der Waals surface area contributed by atoms with Crippen LogP contribution < -0.4 is 0 Å². The van der Waals surface area contributed by atoms with Crippen molar-refractivity contribution in [2.24, 2.45) is 0 Å². The minimum Gasteiger partial charge on any atom is -0.351 e. The van der Waals surface area contributed by atoms with E-state index >= 15 is 0 Å². The fourth-order valence-electron chi connectivity index (χ4n) is 2.80. The Bertz CT molecular complexity index is 643. The monoisotopic (exact) mass is 270 g/mol. The molecular formula is C17H22N2O. The van der Waals surface area contributed by atoms with Crippen LogP contribution in [0.25, 0.3) is 10.9 Å². The summed E-state index contributed by atoms with van der Waals surface area (Å²) in [7, 11) is 0. The maximum atomic E-state index is 12.4. The second-order valence-corrected chi connectivity index (χ2v) is 6.73. The Kier molecular flexibility index (Phi) is 3.08. The summed E-state index contributed by atoms with van der Waals surface area (Å²) in [5.74, 6) is 0.135. The molecule has 3 nitrogen and oxygen atoms in total. The van der Waals surface area contributed by atoms with Gasteiger partial charge in [-0.3, -0.25) is 4.79 Å². The average molecular weight is 270 g/mol. The molecule has 1 saturated heterocycles. The van der Waals surface area contributed by atoms with E-state index in [2.05, 4.69) is 44.0 Å². The molecule has 3 rings (SSSR count). The lowest BCUT2D eigenvalue weighted by atomic mass is 9.87. The maximum absolute atomic E-state index is 12.4. The minimum absolute atomic E-state index is 0.123. The zero-order valence-electron chi connectivity index (χ0n) is 12.5. The first-order chi connectivity index (χ1) is 9.45. The number of hydrogen-bond donors (Lipinski definition) is 1. The minimum atomic E-state index is 0.123. The van der Waals surface area contributed by atoms with E-state index in [9.17, 15) is 4.79 Å². The molecule has 1 amide bonds. The molecule has 3 heteroatoms. The molecule has 0 aliphatic carbocycles. The maximum Gasteiger partial charge on any atom is 0.270 e. The summed E-state index contributed by atoms with van der Waals surface area (Å²) in [6.07, 6.45) is 2.25. The summed E-state index contributed by atoms with van der Waals surface area (Å²) in [5, 5.41) is 1.11. The molecule has 0 unspecified atom stereocenters. The summed E-state index contributed by atoms with van der Waals surface area (Å²) in [6, 6.07) is 8.39. The molecule has 0 radical (unpaired) electrons. The van der Waals surface area contributed by atoms with Crippen molar-refractivity contribution in [3.05, 3.63) is 35.5 Å². The number of H-pyrrole nitrogens is 1. The highest BCUT2D eigenvalue weighted by Gasteiger charge is 2.21. The number of carbonyl (C=O) groups is 1. The predicted octanol–water partition coefficient (Wildman–Crippen LogP) is 3.70. The SMILES string of the molecule is CC(C)(C)c1ccc2cc(C(=O)N3CCCC3)[nH]c2c1. The van der Waals surface area contributed by atoms with E-state index in [0.29, 0.717) is 5.69 Å². The van der Waals surface area contributed by atoms with Gasteiger partial charge in [-0.15, -0.1) is 0 Å². The second kappa shape index (κ2) is 4.65. The molecule has 0 bridgehead atoms. The van der Waals surface area contributed by atoms with Gasteiger partial charge in [0.25, 0.3) is 5.91 Å². The van der Waals surface area contributed by atoms with E-state index < -0.39 is 0 Å². The van der Waals surface area contributed by atoms with Crippen LogP contribution in [0.4, 0.5) is 0 Å². The number of carbonyl (C=O) groups excluding carboxylic acids is 1. The Morgan fingerprint density at radius 2 is 1.85 bits per heavy atom. The molecule has 0 spiro atoms. The number of benzene rings is 1. The van der Waals surface area contributed by atoms with E-state index in [1.165, 1.54) is 5.56 Å². The molecule has 1 aromatic heterocycles. The van der Waals surface area contributed by atoms with E-state index in [4.69, 9.17) is 0 Å². The molecule has 2 heterocycles. The number of amides is 1. The van der Waals surface area contributed by atoms with Gasteiger partial charge in [-0.2, -0.15) is 0 Å².